The van der Waals surface area contributed by atoms with E-state index in [2.05, 4.69) is 46.7 Å². The lowest BCUT2D eigenvalue weighted by atomic mass is 10.2. The van der Waals surface area contributed by atoms with E-state index in [0.717, 1.165) is 41.7 Å². The summed E-state index contributed by atoms with van der Waals surface area (Å²) in [7, 11) is 2.07. The molecule has 114 valence electrons. The summed E-state index contributed by atoms with van der Waals surface area (Å²) in [5, 5.41) is 7.32. The van der Waals surface area contributed by atoms with Gasteiger partial charge in [0.1, 0.15) is 5.76 Å². The Morgan fingerprint density at radius 3 is 2.64 bits per heavy atom. The van der Waals surface area contributed by atoms with E-state index in [1.807, 2.05) is 19.1 Å². The van der Waals surface area contributed by atoms with Crippen molar-refractivity contribution in [3.05, 3.63) is 69.5 Å². The second kappa shape index (κ2) is 6.85. The Kier molecular flexibility index (Phi) is 4.65. The highest BCUT2D eigenvalue weighted by Crippen LogP contribution is 2.16. The molecule has 1 aromatic carbocycles. The highest BCUT2D eigenvalue weighted by molar-refractivity contribution is 7.09. The molecule has 0 amide bonds. The van der Waals surface area contributed by atoms with Crippen molar-refractivity contribution in [3.8, 4) is 0 Å². The van der Waals surface area contributed by atoms with Crippen LogP contribution in [0.5, 0.6) is 0 Å². The van der Waals surface area contributed by atoms with Crippen LogP contribution in [0.2, 0.25) is 0 Å². The molecule has 0 spiro atoms. The topological polar surface area (TPSA) is 42.2 Å². The predicted octanol–water partition coefficient (Wildman–Crippen LogP) is 3.66. The molecule has 22 heavy (non-hydrogen) atoms. The molecule has 3 aromatic rings. The van der Waals surface area contributed by atoms with Gasteiger partial charge in [0.15, 0.2) is 0 Å². The quantitative estimate of drug-likeness (QED) is 0.696. The normalized spacial score (nSPS) is 11.2. The molecule has 2 aromatic heterocycles. The molecule has 0 N–H and O–H groups in total. The zero-order valence-corrected chi connectivity index (χ0v) is 13.6. The molecule has 0 saturated carbocycles. The Balaban J connectivity index is 1.57. The SMILES string of the molecule is Cc1cc(CN(C)Cc2csc(Cc3ccccc3)n2)no1. The van der Waals surface area contributed by atoms with Crippen LogP contribution in [0.4, 0.5) is 0 Å². The van der Waals surface area contributed by atoms with E-state index in [-0.39, 0.29) is 0 Å². The molecule has 4 nitrogen and oxygen atoms in total. The van der Waals surface area contributed by atoms with Crippen LogP contribution in [0.15, 0.2) is 46.3 Å². The van der Waals surface area contributed by atoms with E-state index in [9.17, 15) is 0 Å². The first-order valence-electron chi connectivity index (χ1n) is 7.27. The first kappa shape index (κ1) is 14.9. The third-order valence-electron chi connectivity index (χ3n) is 3.34. The van der Waals surface area contributed by atoms with E-state index >= 15 is 0 Å². The summed E-state index contributed by atoms with van der Waals surface area (Å²) >= 11 is 1.72. The van der Waals surface area contributed by atoms with E-state index < -0.39 is 0 Å². The van der Waals surface area contributed by atoms with E-state index in [4.69, 9.17) is 9.51 Å². The van der Waals surface area contributed by atoms with Gasteiger partial charge in [-0.2, -0.15) is 0 Å². The number of nitrogens with zero attached hydrogens (tertiary/aromatic N) is 3. The predicted molar refractivity (Wildman–Crippen MR) is 87.8 cm³/mol. The van der Waals surface area contributed by atoms with Gasteiger partial charge in [-0.05, 0) is 19.5 Å². The van der Waals surface area contributed by atoms with Crippen LogP contribution in [-0.2, 0) is 19.5 Å². The van der Waals surface area contributed by atoms with Gasteiger partial charge in [0.25, 0.3) is 0 Å². The standard InChI is InChI=1S/C17H19N3OS/c1-13-8-15(19-21-13)10-20(2)11-16-12-22-17(18-16)9-14-6-4-3-5-7-14/h3-8,12H,9-11H2,1-2H3. The fourth-order valence-electron chi connectivity index (χ4n) is 2.37. The van der Waals surface area contributed by atoms with Gasteiger partial charge in [-0.25, -0.2) is 4.98 Å². The summed E-state index contributed by atoms with van der Waals surface area (Å²) in [6, 6.07) is 12.4. The summed E-state index contributed by atoms with van der Waals surface area (Å²) in [6.45, 7) is 3.49. The van der Waals surface area contributed by atoms with Crippen molar-refractivity contribution in [1.29, 1.82) is 0 Å². The van der Waals surface area contributed by atoms with Crippen LogP contribution >= 0.6 is 11.3 Å². The Morgan fingerprint density at radius 2 is 1.91 bits per heavy atom. The largest absolute Gasteiger partial charge is 0.361 e. The molecular weight excluding hydrogens is 294 g/mol. The minimum atomic E-state index is 0.767. The fraction of sp³-hybridized carbons (Fsp3) is 0.294. The van der Waals surface area contributed by atoms with Gasteiger partial charge in [0.05, 0.1) is 16.4 Å². The second-order valence-electron chi connectivity index (χ2n) is 5.50. The lowest BCUT2D eigenvalue weighted by Gasteiger charge is -2.12. The first-order valence-corrected chi connectivity index (χ1v) is 8.15. The van der Waals surface area contributed by atoms with Crippen molar-refractivity contribution >= 4 is 11.3 Å². The van der Waals surface area contributed by atoms with Crippen LogP contribution in [0, 0.1) is 6.92 Å². The van der Waals surface area contributed by atoms with Crippen LogP contribution in [0.25, 0.3) is 0 Å². The van der Waals surface area contributed by atoms with E-state index in [0.29, 0.717) is 0 Å². The van der Waals surface area contributed by atoms with Crippen LogP contribution in [0.1, 0.15) is 27.7 Å². The monoisotopic (exact) mass is 313 g/mol. The van der Waals surface area contributed by atoms with Crippen molar-refractivity contribution in [2.45, 2.75) is 26.4 Å². The molecule has 0 radical (unpaired) electrons. The number of benzene rings is 1. The van der Waals surface area contributed by atoms with Crippen LogP contribution < -0.4 is 0 Å². The molecule has 3 rings (SSSR count). The molecule has 0 aliphatic carbocycles. The summed E-state index contributed by atoms with van der Waals surface area (Å²) in [4.78, 5) is 6.92. The maximum absolute atomic E-state index is 5.10. The Hall–Kier alpha value is -1.98. The van der Waals surface area contributed by atoms with E-state index in [1.165, 1.54) is 5.56 Å². The minimum absolute atomic E-state index is 0.767. The number of aryl methyl sites for hydroxylation is 1. The molecule has 2 heterocycles. The average Bonchev–Trinajstić information content (AvgIpc) is 3.09. The van der Waals surface area contributed by atoms with Crippen molar-refractivity contribution in [2.75, 3.05) is 7.05 Å². The smallest absolute Gasteiger partial charge is 0.133 e. The summed E-state index contributed by atoms with van der Waals surface area (Å²) in [5.41, 5.74) is 3.37. The molecular formula is C17H19N3OS. The van der Waals surface area contributed by atoms with Gasteiger partial charge in [-0.3, -0.25) is 4.90 Å². The number of hydrogen-bond donors (Lipinski definition) is 0. The number of hydrogen-bond acceptors (Lipinski definition) is 5. The van der Waals surface area contributed by atoms with Gasteiger partial charge in [-0.1, -0.05) is 35.5 Å². The molecule has 0 atom stereocenters. The fourth-order valence-corrected chi connectivity index (χ4v) is 3.19. The molecule has 0 fully saturated rings. The van der Waals surface area contributed by atoms with Crippen molar-refractivity contribution in [3.63, 3.8) is 0 Å². The van der Waals surface area contributed by atoms with Crippen molar-refractivity contribution in [2.24, 2.45) is 0 Å². The molecule has 0 aliphatic heterocycles. The van der Waals surface area contributed by atoms with Crippen molar-refractivity contribution in [1.82, 2.24) is 15.0 Å². The minimum Gasteiger partial charge on any atom is -0.361 e. The molecule has 5 heteroatoms. The maximum Gasteiger partial charge on any atom is 0.133 e. The highest BCUT2D eigenvalue weighted by atomic mass is 32.1. The Bertz CT molecular complexity index is 720. The Morgan fingerprint density at radius 1 is 1.14 bits per heavy atom. The lowest BCUT2D eigenvalue weighted by molar-refractivity contribution is 0.299. The molecule has 0 unspecified atom stereocenters. The lowest BCUT2D eigenvalue weighted by Crippen LogP contribution is -2.17. The van der Waals surface area contributed by atoms with Gasteiger partial charge >= 0.3 is 0 Å². The van der Waals surface area contributed by atoms with Crippen LogP contribution in [0.3, 0.4) is 0 Å². The summed E-state index contributed by atoms with van der Waals surface area (Å²) in [5.74, 6) is 0.849. The average molecular weight is 313 g/mol. The first-order chi connectivity index (χ1) is 10.7. The number of thiazole rings is 1. The summed E-state index contributed by atoms with van der Waals surface area (Å²) < 4.78 is 5.10. The molecule has 0 saturated heterocycles. The summed E-state index contributed by atoms with van der Waals surface area (Å²) in [6.07, 6.45) is 0.900. The second-order valence-corrected chi connectivity index (χ2v) is 6.44. The zero-order valence-electron chi connectivity index (χ0n) is 12.8. The van der Waals surface area contributed by atoms with Gasteiger partial charge in [-0.15, -0.1) is 11.3 Å². The van der Waals surface area contributed by atoms with Gasteiger partial charge in [0.2, 0.25) is 0 Å². The molecule has 0 bridgehead atoms. The maximum atomic E-state index is 5.10. The Labute approximate surface area is 134 Å². The zero-order chi connectivity index (χ0) is 15.4. The van der Waals surface area contributed by atoms with Crippen LogP contribution in [-0.4, -0.2) is 22.1 Å². The third kappa shape index (κ3) is 4.02. The van der Waals surface area contributed by atoms with Crippen molar-refractivity contribution < 1.29 is 4.52 Å². The van der Waals surface area contributed by atoms with Gasteiger partial charge < -0.3 is 4.52 Å². The third-order valence-corrected chi connectivity index (χ3v) is 4.24. The molecule has 0 aliphatic rings. The van der Waals surface area contributed by atoms with E-state index in [1.54, 1.807) is 11.3 Å². The number of aromatic nitrogens is 2. The van der Waals surface area contributed by atoms with Gasteiger partial charge in [0, 0.05) is 31.0 Å². The number of rotatable bonds is 6. The highest BCUT2D eigenvalue weighted by Gasteiger charge is 2.09.